The number of hydrogen-bond acceptors (Lipinski definition) is 3. The second-order valence-electron chi connectivity index (χ2n) is 3.59. The molecule has 0 saturated carbocycles. The van der Waals surface area contributed by atoms with Gasteiger partial charge in [-0.05, 0) is 26.0 Å². The van der Waals surface area contributed by atoms with E-state index >= 15 is 0 Å². The summed E-state index contributed by atoms with van der Waals surface area (Å²) in [6, 6.07) is 5.00. The van der Waals surface area contributed by atoms with E-state index in [0.717, 1.165) is 10.6 Å². The average Bonchev–Trinajstić information content (AvgIpc) is 2.59. The fourth-order valence-electron chi connectivity index (χ4n) is 1.39. The van der Waals surface area contributed by atoms with Gasteiger partial charge in [0.15, 0.2) is 5.01 Å². The molecule has 1 aromatic heterocycles. The zero-order valence-corrected chi connectivity index (χ0v) is 11.6. The van der Waals surface area contributed by atoms with Crippen LogP contribution < -0.4 is 0 Å². The molecule has 0 aliphatic carbocycles. The number of aryl methyl sites for hydroxylation is 2. The number of nitrogens with zero attached hydrogens (tertiary/aromatic N) is 1. The Morgan fingerprint density at radius 2 is 1.82 bits per heavy atom. The van der Waals surface area contributed by atoms with Crippen molar-refractivity contribution in [2.75, 3.05) is 0 Å². The summed E-state index contributed by atoms with van der Waals surface area (Å²) in [5.74, 6) is -0.221. The quantitative estimate of drug-likeness (QED) is 0.770. The number of ketones is 1. The lowest BCUT2D eigenvalue weighted by molar-refractivity contribution is 0.103. The van der Waals surface area contributed by atoms with Gasteiger partial charge in [-0.1, -0.05) is 29.3 Å². The fraction of sp³-hybridized carbons (Fsp3) is 0.167. The van der Waals surface area contributed by atoms with E-state index in [2.05, 4.69) is 4.98 Å². The van der Waals surface area contributed by atoms with Gasteiger partial charge in [-0.25, -0.2) is 4.98 Å². The van der Waals surface area contributed by atoms with Gasteiger partial charge in [0.25, 0.3) is 0 Å². The van der Waals surface area contributed by atoms with Gasteiger partial charge < -0.3 is 0 Å². The van der Waals surface area contributed by atoms with Crippen molar-refractivity contribution in [3.63, 3.8) is 0 Å². The second-order valence-corrected chi connectivity index (χ2v) is 5.60. The predicted octanol–water partition coefficient (Wildman–Crippen LogP) is 4.30. The van der Waals surface area contributed by atoms with Crippen LogP contribution in [0.1, 0.15) is 25.9 Å². The van der Waals surface area contributed by atoms with Crippen LogP contribution in [0, 0.1) is 13.8 Å². The number of thiazole rings is 1. The minimum atomic E-state index is -0.221. The molecule has 1 aromatic carbocycles. The zero-order valence-electron chi connectivity index (χ0n) is 9.25. The number of carbonyl (C=O) groups excluding carboxylic acids is 1. The molecule has 2 aromatic rings. The molecule has 0 aliphatic heterocycles. The molecule has 5 heteroatoms. The molecule has 0 unspecified atom stereocenters. The van der Waals surface area contributed by atoms with Crippen LogP contribution >= 0.6 is 34.5 Å². The Labute approximate surface area is 113 Å². The second kappa shape index (κ2) is 4.77. The highest BCUT2D eigenvalue weighted by Crippen LogP contribution is 2.28. The molecule has 0 atom stereocenters. The number of hydrogen-bond donors (Lipinski definition) is 0. The summed E-state index contributed by atoms with van der Waals surface area (Å²) in [6.07, 6.45) is 0. The Morgan fingerprint density at radius 1 is 1.24 bits per heavy atom. The number of halogens is 2. The topological polar surface area (TPSA) is 30.0 Å². The van der Waals surface area contributed by atoms with Crippen LogP contribution in [-0.4, -0.2) is 10.8 Å². The predicted molar refractivity (Wildman–Crippen MR) is 71.5 cm³/mol. The normalized spacial score (nSPS) is 10.6. The van der Waals surface area contributed by atoms with E-state index in [9.17, 15) is 4.79 Å². The Morgan fingerprint density at radius 3 is 2.29 bits per heavy atom. The molecule has 0 fully saturated rings. The Hall–Kier alpha value is -0.900. The number of benzene rings is 1. The zero-order chi connectivity index (χ0) is 12.6. The van der Waals surface area contributed by atoms with Gasteiger partial charge in [0.2, 0.25) is 5.78 Å². The highest BCUT2D eigenvalue weighted by molar-refractivity contribution is 7.13. The van der Waals surface area contributed by atoms with Crippen LogP contribution in [0.3, 0.4) is 0 Å². The van der Waals surface area contributed by atoms with E-state index in [1.54, 1.807) is 18.2 Å². The highest BCUT2D eigenvalue weighted by atomic mass is 35.5. The standard InChI is InChI=1S/C12H9Cl2NOS/c1-6-7(2)17-12(15-6)11(16)10-8(13)4-3-5-9(10)14/h3-5H,1-2H3. The highest BCUT2D eigenvalue weighted by Gasteiger charge is 2.20. The molecule has 0 bridgehead atoms. The van der Waals surface area contributed by atoms with Crippen LogP contribution in [0.2, 0.25) is 10.0 Å². The molecule has 0 saturated heterocycles. The number of carbonyl (C=O) groups is 1. The van der Waals surface area contributed by atoms with Crippen LogP contribution in [0.25, 0.3) is 0 Å². The van der Waals surface area contributed by atoms with Crippen molar-refractivity contribution < 1.29 is 4.79 Å². The van der Waals surface area contributed by atoms with Crippen molar-refractivity contribution in [1.82, 2.24) is 4.98 Å². The fourth-order valence-corrected chi connectivity index (χ4v) is 2.82. The molecule has 0 N–H and O–H groups in total. The van der Waals surface area contributed by atoms with Gasteiger partial charge in [0.1, 0.15) is 0 Å². The molecule has 0 aliphatic rings. The van der Waals surface area contributed by atoms with Crippen molar-refractivity contribution in [2.45, 2.75) is 13.8 Å². The molecule has 17 heavy (non-hydrogen) atoms. The monoisotopic (exact) mass is 285 g/mol. The SMILES string of the molecule is Cc1nc(C(=O)c2c(Cl)cccc2Cl)sc1C. The molecule has 0 radical (unpaired) electrons. The molecule has 0 spiro atoms. The van der Waals surface area contributed by atoms with Crippen molar-refractivity contribution >= 4 is 40.3 Å². The van der Waals surface area contributed by atoms with Gasteiger partial charge in [0.05, 0.1) is 21.3 Å². The number of rotatable bonds is 2. The first-order valence-electron chi connectivity index (χ1n) is 4.93. The molecule has 0 amide bonds. The molecular formula is C12H9Cl2NOS. The largest absolute Gasteiger partial charge is 0.286 e. The van der Waals surface area contributed by atoms with Gasteiger partial charge in [0, 0.05) is 4.88 Å². The molecular weight excluding hydrogens is 277 g/mol. The van der Waals surface area contributed by atoms with Gasteiger partial charge in [-0.15, -0.1) is 11.3 Å². The van der Waals surface area contributed by atoms with Crippen LogP contribution in [-0.2, 0) is 0 Å². The van der Waals surface area contributed by atoms with E-state index in [1.165, 1.54) is 11.3 Å². The van der Waals surface area contributed by atoms with E-state index in [-0.39, 0.29) is 5.78 Å². The van der Waals surface area contributed by atoms with E-state index in [0.29, 0.717) is 20.6 Å². The van der Waals surface area contributed by atoms with Crippen molar-refractivity contribution in [1.29, 1.82) is 0 Å². The summed E-state index contributed by atoms with van der Waals surface area (Å²) in [5.41, 5.74) is 1.19. The maximum Gasteiger partial charge on any atom is 0.224 e. The summed E-state index contributed by atoms with van der Waals surface area (Å²) in [5, 5.41) is 1.14. The number of aromatic nitrogens is 1. The van der Waals surface area contributed by atoms with Crippen LogP contribution in [0.5, 0.6) is 0 Å². The molecule has 88 valence electrons. The lowest BCUT2D eigenvalue weighted by atomic mass is 10.1. The van der Waals surface area contributed by atoms with E-state index in [1.807, 2.05) is 13.8 Å². The van der Waals surface area contributed by atoms with Crippen LogP contribution in [0.15, 0.2) is 18.2 Å². The summed E-state index contributed by atoms with van der Waals surface area (Å²) in [4.78, 5) is 17.5. The maximum absolute atomic E-state index is 12.2. The third kappa shape index (κ3) is 2.37. The summed E-state index contributed by atoms with van der Waals surface area (Å²) < 4.78 is 0. The smallest absolute Gasteiger partial charge is 0.224 e. The minimum absolute atomic E-state index is 0.221. The lowest BCUT2D eigenvalue weighted by Crippen LogP contribution is -2.02. The van der Waals surface area contributed by atoms with Crippen molar-refractivity contribution in [2.24, 2.45) is 0 Å². The first-order chi connectivity index (χ1) is 8.00. The van der Waals surface area contributed by atoms with E-state index in [4.69, 9.17) is 23.2 Å². The minimum Gasteiger partial charge on any atom is -0.286 e. The first-order valence-corrected chi connectivity index (χ1v) is 6.50. The molecule has 1 heterocycles. The summed E-state index contributed by atoms with van der Waals surface area (Å²) >= 11 is 13.3. The van der Waals surface area contributed by atoms with Crippen molar-refractivity contribution in [3.8, 4) is 0 Å². The van der Waals surface area contributed by atoms with E-state index < -0.39 is 0 Å². The first kappa shape index (κ1) is 12.6. The van der Waals surface area contributed by atoms with Crippen molar-refractivity contribution in [3.05, 3.63) is 49.4 Å². The summed E-state index contributed by atoms with van der Waals surface area (Å²) in [6.45, 7) is 3.80. The average molecular weight is 286 g/mol. The van der Waals surface area contributed by atoms with Gasteiger partial charge in [-0.2, -0.15) is 0 Å². The third-order valence-electron chi connectivity index (χ3n) is 2.41. The van der Waals surface area contributed by atoms with Gasteiger partial charge in [-0.3, -0.25) is 4.79 Å². The third-order valence-corrected chi connectivity index (χ3v) is 4.11. The summed E-state index contributed by atoms with van der Waals surface area (Å²) in [7, 11) is 0. The Balaban J connectivity index is 2.51. The van der Waals surface area contributed by atoms with Crippen LogP contribution in [0.4, 0.5) is 0 Å². The van der Waals surface area contributed by atoms with Gasteiger partial charge >= 0.3 is 0 Å². The Kier molecular flexibility index (Phi) is 3.52. The molecule has 2 nitrogen and oxygen atoms in total. The molecule has 2 rings (SSSR count). The Bertz CT molecular complexity index is 552. The lowest BCUT2D eigenvalue weighted by Gasteiger charge is -2.02. The maximum atomic E-state index is 12.2.